The van der Waals surface area contributed by atoms with Crippen LogP contribution in [-0.4, -0.2) is 34.9 Å². The molecule has 1 aliphatic heterocycles. The second-order valence-electron chi connectivity index (χ2n) is 7.74. The molecule has 1 aliphatic carbocycles. The maximum atomic E-state index is 12.8. The zero-order valence-corrected chi connectivity index (χ0v) is 18.1. The molecule has 1 saturated carbocycles. The highest BCUT2D eigenvalue weighted by Crippen LogP contribution is 2.36. The number of halogens is 2. The van der Waals surface area contributed by atoms with E-state index in [0.717, 1.165) is 18.6 Å². The summed E-state index contributed by atoms with van der Waals surface area (Å²) in [4.78, 5) is 22.2. The van der Waals surface area contributed by atoms with E-state index in [4.69, 9.17) is 37.5 Å². The molecule has 1 aromatic heterocycles. The zero-order valence-electron chi connectivity index (χ0n) is 16.6. The summed E-state index contributed by atoms with van der Waals surface area (Å²) in [5.74, 6) is 0.680. The van der Waals surface area contributed by atoms with Crippen LogP contribution in [0.25, 0.3) is 0 Å². The Morgan fingerprint density at radius 2 is 2.00 bits per heavy atom. The molecular formula is C21H21Cl2N3O4. The minimum Gasteiger partial charge on any atom is -0.487 e. The van der Waals surface area contributed by atoms with Crippen LogP contribution in [0.3, 0.4) is 0 Å². The first-order valence-corrected chi connectivity index (χ1v) is 10.3. The molecule has 2 aliphatic rings. The van der Waals surface area contributed by atoms with Crippen LogP contribution in [0.1, 0.15) is 43.5 Å². The number of rotatable bonds is 7. The van der Waals surface area contributed by atoms with Crippen molar-refractivity contribution in [3.8, 4) is 11.5 Å². The van der Waals surface area contributed by atoms with Crippen molar-refractivity contribution in [1.82, 2.24) is 4.98 Å². The van der Waals surface area contributed by atoms with Crippen molar-refractivity contribution in [3.63, 3.8) is 0 Å². The van der Waals surface area contributed by atoms with Gasteiger partial charge in [0.15, 0.2) is 17.1 Å². The molecule has 1 N–H and O–H groups in total. The van der Waals surface area contributed by atoms with Crippen LogP contribution in [0.2, 0.25) is 10.0 Å². The summed E-state index contributed by atoms with van der Waals surface area (Å²) in [5, 5.41) is 7.23. The third kappa shape index (κ3) is 4.79. The fourth-order valence-corrected chi connectivity index (χ4v) is 3.50. The number of pyridine rings is 1. The molecule has 2 heterocycles. The molecule has 0 bridgehead atoms. The van der Waals surface area contributed by atoms with Gasteiger partial charge in [0.25, 0.3) is 5.91 Å². The average molecular weight is 450 g/mol. The van der Waals surface area contributed by atoms with Gasteiger partial charge >= 0.3 is 0 Å². The summed E-state index contributed by atoms with van der Waals surface area (Å²) in [6.45, 7) is 4.10. The highest BCUT2D eigenvalue weighted by Gasteiger charge is 2.34. The number of ether oxygens (including phenoxy) is 2. The summed E-state index contributed by atoms with van der Waals surface area (Å²) in [6.07, 6.45) is 5.70. The van der Waals surface area contributed by atoms with E-state index in [0.29, 0.717) is 29.2 Å². The maximum absolute atomic E-state index is 12.8. The highest BCUT2D eigenvalue weighted by molar-refractivity contribution is 6.39. The summed E-state index contributed by atoms with van der Waals surface area (Å²) in [6, 6.07) is 5.05. The first-order valence-electron chi connectivity index (χ1n) is 9.58. The molecule has 2 aromatic rings. The van der Waals surface area contributed by atoms with Crippen molar-refractivity contribution in [2.45, 2.75) is 44.8 Å². The van der Waals surface area contributed by atoms with Crippen LogP contribution in [0.15, 0.2) is 35.7 Å². The Morgan fingerprint density at radius 1 is 1.27 bits per heavy atom. The van der Waals surface area contributed by atoms with E-state index < -0.39 is 5.60 Å². The molecule has 9 heteroatoms. The van der Waals surface area contributed by atoms with Gasteiger partial charge in [0, 0.05) is 24.4 Å². The van der Waals surface area contributed by atoms with Gasteiger partial charge in [-0.25, -0.2) is 0 Å². The van der Waals surface area contributed by atoms with Gasteiger partial charge in [-0.1, -0.05) is 28.4 Å². The number of oxime groups is 1. The Labute approximate surface area is 184 Å². The van der Waals surface area contributed by atoms with Gasteiger partial charge in [-0.3, -0.25) is 9.78 Å². The van der Waals surface area contributed by atoms with Crippen molar-refractivity contribution in [3.05, 3.63) is 46.2 Å². The van der Waals surface area contributed by atoms with Crippen LogP contribution in [0.5, 0.6) is 11.5 Å². The molecule has 30 heavy (non-hydrogen) atoms. The van der Waals surface area contributed by atoms with E-state index in [1.54, 1.807) is 18.2 Å². The zero-order chi connectivity index (χ0) is 21.3. The van der Waals surface area contributed by atoms with Gasteiger partial charge in [-0.2, -0.15) is 0 Å². The number of carbonyl (C=O) groups excluding carboxylic acids is 1. The van der Waals surface area contributed by atoms with Crippen LogP contribution in [-0.2, 0) is 4.84 Å². The fraction of sp³-hybridized carbons (Fsp3) is 0.381. The van der Waals surface area contributed by atoms with Gasteiger partial charge in [-0.05, 0) is 44.9 Å². The number of benzene rings is 1. The second-order valence-corrected chi connectivity index (χ2v) is 8.56. The van der Waals surface area contributed by atoms with E-state index in [1.165, 1.54) is 12.4 Å². The Balaban J connectivity index is 1.53. The third-order valence-corrected chi connectivity index (χ3v) is 5.27. The first-order chi connectivity index (χ1) is 14.3. The Bertz CT molecular complexity index is 989. The van der Waals surface area contributed by atoms with E-state index >= 15 is 0 Å². The molecule has 0 spiro atoms. The minimum absolute atomic E-state index is 0.186. The lowest BCUT2D eigenvalue weighted by Gasteiger charge is -2.23. The monoisotopic (exact) mass is 449 g/mol. The molecule has 158 valence electrons. The predicted molar refractivity (Wildman–Crippen MR) is 115 cm³/mol. The fourth-order valence-electron chi connectivity index (χ4n) is 3.04. The summed E-state index contributed by atoms with van der Waals surface area (Å²) in [5.41, 5.74) is 1.03. The summed E-state index contributed by atoms with van der Waals surface area (Å²) < 4.78 is 12.0. The normalized spacial score (nSPS) is 20.3. The predicted octanol–water partition coefficient (Wildman–Crippen LogP) is 5.12. The molecule has 1 unspecified atom stereocenters. The van der Waals surface area contributed by atoms with Crippen LogP contribution in [0.4, 0.5) is 5.69 Å². The van der Waals surface area contributed by atoms with Gasteiger partial charge in [0.2, 0.25) is 0 Å². The van der Waals surface area contributed by atoms with Gasteiger partial charge in [0.1, 0.15) is 6.61 Å². The lowest BCUT2D eigenvalue weighted by Crippen LogP contribution is -2.32. The Morgan fingerprint density at radius 3 is 2.63 bits per heavy atom. The number of anilines is 1. The molecule has 1 amide bonds. The molecule has 4 rings (SSSR count). The summed E-state index contributed by atoms with van der Waals surface area (Å²) in [7, 11) is 0. The lowest BCUT2D eigenvalue weighted by atomic mass is 10.0. The van der Waals surface area contributed by atoms with Crippen LogP contribution in [0, 0.1) is 0 Å². The van der Waals surface area contributed by atoms with E-state index in [9.17, 15) is 4.79 Å². The Hall–Kier alpha value is -2.51. The number of hydrogen-bond donors (Lipinski definition) is 1. The van der Waals surface area contributed by atoms with Crippen LogP contribution < -0.4 is 14.8 Å². The number of nitrogens with one attached hydrogen (secondary N) is 1. The van der Waals surface area contributed by atoms with Crippen molar-refractivity contribution in [1.29, 1.82) is 0 Å². The van der Waals surface area contributed by atoms with Crippen molar-refractivity contribution in [2.24, 2.45) is 5.16 Å². The third-order valence-electron chi connectivity index (χ3n) is 4.70. The van der Waals surface area contributed by atoms with E-state index in [1.807, 2.05) is 13.8 Å². The molecule has 1 fully saturated rings. The quantitative estimate of drug-likeness (QED) is 0.634. The standard InChI is InChI=1S/C21H21Cl2N3O4/c1-12-8-21(2,30-26-12)11-28-18-7-13(3-6-17(18)29-14-4-5-14)20(27)25-19-15(22)9-24-10-16(19)23/h3,6-7,9-10,14H,4-5,8,11H2,1-2H3,(H,24,25,27). The van der Waals surface area contributed by atoms with Crippen molar-refractivity contribution >= 4 is 40.5 Å². The maximum Gasteiger partial charge on any atom is 0.255 e. The smallest absolute Gasteiger partial charge is 0.255 e. The molecular weight excluding hydrogens is 429 g/mol. The lowest BCUT2D eigenvalue weighted by molar-refractivity contribution is -0.0362. The largest absolute Gasteiger partial charge is 0.487 e. The van der Waals surface area contributed by atoms with Gasteiger partial charge in [-0.15, -0.1) is 0 Å². The average Bonchev–Trinajstić information content (AvgIpc) is 3.46. The molecule has 0 saturated heterocycles. The molecule has 1 atom stereocenters. The topological polar surface area (TPSA) is 82.0 Å². The number of hydrogen-bond acceptors (Lipinski definition) is 6. The number of carbonyl (C=O) groups is 1. The van der Waals surface area contributed by atoms with E-state index in [-0.39, 0.29) is 28.7 Å². The van der Waals surface area contributed by atoms with Crippen molar-refractivity contribution < 1.29 is 19.1 Å². The van der Waals surface area contributed by atoms with Gasteiger partial charge < -0.3 is 19.6 Å². The first kappa shape index (κ1) is 20.8. The van der Waals surface area contributed by atoms with Gasteiger partial charge in [0.05, 0.1) is 27.5 Å². The second kappa shape index (κ2) is 8.32. The molecule has 1 aromatic carbocycles. The highest BCUT2D eigenvalue weighted by atomic mass is 35.5. The van der Waals surface area contributed by atoms with E-state index in [2.05, 4.69) is 15.5 Å². The Kier molecular flexibility index (Phi) is 5.75. The minimum atomic E-state index is -0.558. The number of nitrogens with zero attached hydrogens (tertiary/aromatic N) is 2. The van der Waals surface area contributed by atoms with Crippen molar-refractivity contribution in [2.75, 3.05) is 11.9 Å². The van der Waals surface area contributed by atoms with Crippen LogP contribution >= 0.6 is 23.2 Å². The summed E-state index contributed by atoms with van der Waals surface area (Å²) >= 11 is 12.2. The molecule has 7 nitrogen and oxygen atoms in total. The SMILES string of the molecule is CC1=NOC(C)(COc2cc(C(=O)Nc3c(Cl)cncc3Cl)ccc2OC2CC2)C1. The number of amides is 1. The number of aromatic nitrogens is 1. The molecule has 0 radical (unpaired) electrons.